The van der Waals surface area contributed by atoms with E-state index < -0.39 is 0 Å². The smallest absolute Gasteiger partial charge is 0.228 e. The van der Waals surface area contributed by atoms with Gasteiger partial charge in [-0.15, -0.1) is 12.4 Å². The molecule has 0 aromatic carbocycles. The van der Waals surface area contributed by atoms with Crippen molar-refractivity contribution in [3.05, 3.63) is 36.5 Å². The normalized spacial score (nSPS) is 15.4. The van der Waals surface area contributed by atoms with Crippen molar-refractivity contribution in [1.82, 2.24) is 25.3 Å². The van der Waals surface area contributed by atoms with E-state index >= 15 is 0 Å². The van der Waals surface area contributed by atoms with Crippen molar-refractivity contribution in [2.45, 2.75) is 18.8 Å². The summed E-state index contributed by atoms with van der Waals surface area (Å²) in [6, 6.07) is 1.78. The van der Waals surface area contributed by atoms with Crippen LogP contribution in [0.4, 0.5) is 11.8 Å². The molecule has 1 aliphatic rings. The summed E-state index contributed by atoms with van der Waals surface area (Å²) < 4.78 is 0. The summed E-state index contributed by atoms with van der Waals surface area (Å²) in [5, 5.41) is 6.43. The molecule has 0 saturated carbocycles. The van der Waals surface area contributed by atoms with Crippen LogP contribution in [0.1, 0.15) is 24.5 Å². The predicted octanol–water partition coefficient (Wildman–Crippen LogP) is 1.90. The maximum Gasteiger partial charge on any atom is 0.228 e. The molecule has 3 rings (SSSR count). The van der Waals surface area contributed by atoms with Gasteiger partial charge in [-0.2, -0.15) is 0 Å². The van der Waals surface area contributed by atoms with Crippen LogP contribution >= 0.6 is 12.4 Å². The van der Waals surface area contributed by atoms with Gasteiger partial charge in [0.1, 0.15) is 0 Å². The van der Waals surface area contributed by atoms with E-state index in [9.17, 15) is 0 Å². The van der Waals surface area contributed by atoms with Crippen LogP contribution in [-0.2, 0) is 0 Å². The van der Waals surface area contributed by atoms with Crippen molar-refractivity contribution in [1.29, 1.82) is 0 Å². The standard InChI is InChI=1S/C13H16N6.ClH/c1-4-16-13(17-5-1)19-12-9-15-8-11(18-12)10-2-6-14-7-3-10;/h1,4-5,8-10,14H,2-3,6-7H2,(H,16,17,18,19);1H. The number of aromatic nitrogens is 4. The van der Waals surface area contributed by atoms with Gasteiger partial charge in [-0.05, 0) is 32.0 Å². The highest BCUT2D eigenvalue weighted by atomic mass is 35.5. The maximum atomic E-state index is 4.61. The number of rotatable bonds is 3. The third-order valence-electron chi connectivity index (χ3n) is 3.22. The quantitative estimate of drug-likeness (QED) is 0.900. The Kier molecular flexibility index (Phi) is 5.20. The van der Waals surface area contributed by atoms with Crippen molar-refractivity contribution in [3.63, 3.8) is 0 Å². The molecule has 0 unspecified atom stereocenters. The number of halogens is 1. The highest BCUT2D eigenvalue weighted by molar-refractivity contribution is 5.85. The minimum atomic E-state index is 0. The molecule has 0 spiro atoms. The van der Waals surface area contributed by atoms with Crippen molar-refractivity contribution >= 4 is 24.2 Å². The van der Waals surface area contributed by atoms with E-state index in [1.165, 1.54) is 0 Å². The lowest BCUT2D eigenvalue weighted by Crippen LogP contribution is -2.27. The fourth-order valence-electron chi connectivity index (χ4n) is 2.23. The zero-order valence-electron chi connectivity index (χ0n) is 11.0. The molecule has 20 heavy (non-hydrogen) atoms. The molecular weight excluding hydrogens is 276 g/mol. The molecule has 1 aliphatic heterocycles. The third kappa shape index (κ3) is 3.61. The molecule has 0 atom stereocenters. The Hall–Kier alpha value is -1.79. The van der Waals surface area contributed by atoms with Gasteiger partial charge in [-0.25, -0.2) is 15.0 Å². The van der Waals surface area contributed by atoms with Gasteiger partial charge in [0.15, 0.2) is 5.82 Å². The Morgan fingerprint density at radius 2 is 1.85 bits per heavy atom. The van der Waals surface area contributed by atoms with E-state index in [1.807, 2.05) is 6.20 Å². The van der Waals surface area contributed by atoms with Crippen molar-refractivity contribution < 1.29 is 0 Å². The van der Waals surface area contributed by atoms with Gasteiger partial charge in [0, 0.05) is 24.5 Å². The summed E-state index contributed by atoms with van der Waals surface area (Å²) in [6.07, 6.45) is 9.16. The summed E-state index contributed by atoms with van der Waals surface area (Å²) in [7, 11) is 0. The van der Waals surface area contributed by atoms with E-state index in [0.717, 1.165) is 31.6 Å². The lowest BCUT2D eigenvalue weighted by Gasteiger charge is -2.22. The first kappa shape index (κ1) is 14.6. The second kappa shape index (κ2) is 7.12. The minimum Gasteiger partial charge on any atom is -0.317 e. The van der Waals surface area contributed by atoms with Crippen molar-refractivity contribution in [3.8, 4) is 0 Å². The lowest BCUT2D eigenvalue weighted by molar-refractivity contribution is 0.452. The van der Waals surface area contributed by atoms with Gasteiger partial charge in [0.05, 0.1) is 11.9 Å². The first-order valence-electron chi connectivity index (χ1n) is 6.48. The Balaban J connectivity index is 0.00000147. The van der Waals surface area contributed by atoms with Crippen LogP contribution in [0.5, 0.6) is 0 Å². The molecule has 2 aromatic heterocycles. The lowest BCUT2D eigenvalue weighted by atomic mass is 9.95. The molecule has 0 bridgehead atoms. The topological polar surface area (TPSA) is 75.6 Å². The SMILES string of the molecule is Cl.c1cnc(Nc2cncc(C3CCNCC3)n2)nc1. The van der Waals surface area contributed by atoms with Gasteiger partial charge in [0.25, 0.3) is 0 Å². The molecule has 106 valence electrons. The summed E-state index contributed by atoms with van der Waals surface area (Å²) >= 11 is 0. The highest BCUT2D eigenvalue weighted by Gasteiger charge is 2.17. The largest absolute Gasteiger partial charge is 0.317 e. The van der Waals surface area contributed by atoms with Crippen molar-refractivity contribution in [2.24, 2.45) is 0 Å². The van der Waals surface area contributed by atoms with Crippen LogP contribution in [-0.4, -0.2) is 33.0 Å². The molecule has 0 amide bonds. The molecule has 1 fully saturated rings. The number of hydrogen-bond donors (Lipinski definition) is 2. The molecule has 2 aromatic rings. The first-order chi connectivity index (χ1) is 9.42. The Bertz CT molecular complexity index is 529. The summed E-state index contributed by atoms with van der Waals surface area (Å²) in [5.41, 5.74) is 1.04. The first-order valence-corrected chi connectivity index (χ1v) is 6.48. The molecule has 6 nitrogen and oxygen atoms in total. The molecule has 1 saturated heterocycles. The van der Waals surface area contributed by atoms with Gasteiger partial charge >= 0.3 is 0 Å². The minimum absolute atomic E-state index is 0. The van der Waals surface area contributed by atoms with Crippen LogP contribution < -0.4 is 10.6 Å². The Labute approximate surface area is 123 Å². The van der Waals surface area contributed by atoms with Crippen molar-refractivity contribution in [2.75, 3.05) is 18.4 Å². The summed E-state index contributed by atoms with van der Waals surface area (Å²) in [5.74, 6) is 1.73. The predicted molar refractivity (Wildman–Crippen MR) is 79.4 cm³/mol. The highest BCUT2D eigenvalue weighted by Crippen LogP contribution is 2.23. The second-order valence-corrected chi connectivity index (χ2v) is 4.55. The van der Waals surface area contributed by atoms with Gasteiger partial charge < -0.3 is 10.6 Å². The average Bonchev–Trinajstić information content (AvgIpc) is 2.49. The monoisotopic (exact) mass is 292 g/mol. The van der Waals surface area contributed by atoms with Crippen LogP contribution in [0.15, 0.2) is 30.9 Å². The summed E-state index contributed by atoms with van der Waals surface area (Å²) in [4.78, 5) is 17.1. The van der Waals surface area contributed by atoms with E-state index in [2.05, 4.69) is 30.6 Å². The number of nitrogens with one attached hydrogen (secondary N) is 2. The maximum absolute atomic E-state index is 4.61. The van der Waals surface area contributed by atoms with Crippen LogP contribution in [0, 0.1) is 0 Å². The van der Waals surface area contributed by atoms with Gasteiger partial charge in [-0.1, -0.05) is 0 Å². The Morgan fingerprint density at radius 1 is 1.10 bits per heavy atom. The average molecular weight is 293 g/mol. The summed E-state index contributed by atoms with van der Waals surface area (Å²) in [6.45, 7) is 2.09. The number of piperidine rings is 1. The number of nitrogens with zero attached hydrogens (tertiary/aromatic N) is 4. The fourth-order valence-corrected chi connectivity index (χ4v) is 2.23. The number of hydrogen-bond acceptors (Lipinski definition) is 6. The van der Waals surface area contributed by atoms with E-state index in [1.54, 1.807) is 24.7 Å². The Morgan fingerprint density at radius 3 is 2.60 bits per heavy atom. The molecule has 7 heteroatoms. The van der Waals surface area contributed by atoms with Gasteiger partial charge in [0.2, 0.25) is 5.95 Å². The molecule has 3 heterocycles. The van der Waals surface area contributed by atoms with Crippen LogP contribution in [0.2, 0.25) is 0 Å². The van der Waals surface area contributed by atoms with E-state index in [-0.39, 0.29) is 12.4 Å². The van der Waals surface area contributed by atoms with E-state index in [0.29, 0.717) is 17.7 Å². The molecule has 2 N–H and O–H groups in total. The third-order valence-corrected chi connectivity index (χ3v) is 3.22. The van der Waals surface area contributed by atoms with Crippen LogP contribution in [0.3, 0.4) is 0 Å². The molecular formula is C13H17ClN6. The van der Waals surface area contributed by atoms with Crippen LogP contribution in [0.25, 0.3) is 0 Å². The zero-order valence-corrected chi connectivity index (χ0v) is 11.8. The van der Waals surface area contributed by atoms with E-state index in [4.69, 9.17) is 0 Å². The number of anilines is 2. The fraction of sp³-hybridized carbons (Fsp3) is 0.385. The zero-order chi connectivity index (χ0) is 12.9. The molecule has 0 aliphatic carbocycles. The molecule has 0 radical (unpaired) electrons. The second-order valence-electron chi connectivity index (χ2n) is 4.55. The van der Waals surface area contributed by atoms with Gasteiger partial charge in [-0.3, -0.25) is 4.98 Å².